The van der Waals surface area contributed by atoms with E-state index < -0.39 is 17.0 Å². The fourth-order valence-corrected chi connectivity index (χ4v) is 5.27. The molecule has 0 spiro atoms. The molecule has 1 heterocycles. The molecule has 0 aliphatic carbocycles. The van der Waals surface area contributed by atoms with Crippen LogP contribution in [0.3, 0.4) is 0 Å². The minimum Gasteiger partial charge on any atom is -0.478 e. The molecule has 0 saturated heterocycles. The molecule has 31 heavy (non-hydrogen) atoms. The van der Waals surface area contributed by atoms with Gasteiger partial charge in [0.05, 0.1) is 20.7 Å². The Kier molecular flexibility index (Phi) is 6.27. The minimum atomic E-state index is -1.48. The summed E-state index contributed by atoms with van der Waals surface area (Å²) in [5, 5.41) is 10.4. The number of rotatable bonds is 7. The molecular weight excluding hydrogens is 428 g/mol. The molecule has 0 amide bonds. The average Bonchev–Trinajstić information content (AvgIpc) is 3.19. The first-order chi connectivity index (χ1) is 14.9. The van der Waals surface area contributed by atoms with Gasteiger partial charge in [-0.05, 0) is 61.2 Å². The zero-order valence-corrected chi connectivity index (χ0v) is 18.8. The lowest BCUT2D eigenvalue weighted by atomic mass is 10.0. The fourth-order valence-electron chi connectivity index (χ4n) is 3.36. The summed E-state index contributed by atoms with van der Waals surface area (Å²) in [5.74, 6) is -1.01. The fraction of sp³-hybridized carbons (Fsp3) is 0.167. The normalized spacial score (nSPS) is 12.2. The van der Waals surface area contributed by atoms with Crippen molar-refractivity contribution in [2.75, 3.05) is 6.54 Å². The van der Waals surface area contributed by atoms with E-state index in [1.54, 1.807) is 24.3 Å². The maximum absolute atomic E-state index is 12.6. The maximum Gasteiger partial charge on any atom is 0.336 e. The number of carbonyl (C=O) groups is 1. The lowest BCUT2D eigenvalue weighted by Gasteiger charge is -2.10. The van der Waals surface area contributed by atoms with Crippen LogP contribution < -0.4 is 4.72 Å². The first-order valence-corrected chi connectivity index (χ1v) is 11.8. The zero-order chi connectivity index (χ0) is 22.0. The molecule has 4 aromatic rings. The second-order valence-electron chi connectivity index (χ2n) is 7.32. The molecule has 0 saturated carbocycles. The highest BCUT2D eigenvalue weighted by atomic mass is 32.2. The molecule has 1 unspecified atom stereocenters. The minimum absolute atomic E-state index is 0.188. The third-order valence-corrected chi connectivity index (χ3v) is 7.42. The van der Waals surface area contributed by atoms with Gasteiger partial charge in [0.1, 0.15) is 16.0 Å². The van der Waals surface area contributed by atoms with Crippen molar-refractivity contribution in [3.8, 4) is 10.6 Å². The molecule has 7 heteroatoms. The Balaban J connectivity index is 1.44. The number of nitrogens with zero attached hydrogens (tertiary/aromatic N) is 1. The number of thiazole rings is 1. The smallest absolute Gasteiger partial charge is 0.336 e. The van der Waals surface area contributed by atoms with Gasteiger partial charge in [0.2, 0.25) is 0 Å². The van der Waals surface area contributed by atoms with Gasteiger partial charge in [0.25, 0.3) is 0 Å². The second-order valence-corrected chi connectivity index (χ2v) is 9.65. The van der Waals surface area contributed by atoms with E-state index in [0.717, 1.165) is 31.9 Å². The van der Waals surface area contributed by atoms with E-state index >= 15 is 0 Å². The van der Waals surface area contributed by atoms with Crippen molar-refractivity contribution in [3.63, 3.8) is 0 Å². The number of aromatic carboxylic acids is 1. The van der Waals surface area contributed by atoms with E-state index in [0.29, 0.717) is 23.4 Å². The number of aryl methyl sites for hydroxylation is 1. The highest BCUT2D eigenvalue weighted by Crippen LogP contribution is 2.30. The van der Waals surface area contributed by atoms with Crippen molar-refractivity contribution in [3.05, 3.63) is 82.9 Å². The summed E-state index contributed by atoms with van der Waals surface area (Å²) in [7, 11) is -1.48. The van der Waals surface area contributed by atoms with Gasteiger partial charge < -0.3 is 5.11 Å². The Hall–Kier alpha value is -2.87. The molecule has 1 aromatic heterocycles. The van der Waals surface area contributed by atoms with E-state index in [4.69, 9.17) is 4.98 Å². The summed E-state index contributed by atoms with van der Waals surface area (Å²) < 4.78 is 16.8. The largest absolute Gasteiger partial charge is 0.478 e. The van der Waals surface area contributed by atoms with E-state index in [1.807, 2.05) is 25.1 Å². The third-order valence-electron chi connectivity index (χ3n) is 5.20. The summed E-state index contributed by atoms with van der Waals surface area (Å²) in [6.07, 6.45) is 0.691. The van der Waals surface area contributed by atoms with Crippen LogP contribution in [0, 0.1) is 13.8 Å². The van der Waals surface area contributed by atoms with Gasteiger partial charge in [0, 0.05) is 12.1 Å². The average molecular weight is 451 g/mol. The first kappa shape index (κ1) is 21.4. The van der Waals surface area contributed by atoms with Crippen LogP contribution in [0.4, 0.5) is 0 Å². The third kappa shape index (κ3) is 4.74. The number of aromatic nitrogens is 1. The molecular formula is C24H22N2O3S2. The van der Waals surface area contributed by atoms with Crippen LogP contribution in [-0.2, 0) is 17.4 Å². The van der Waals surface area contributed by atoms with Crippen molar-refractivity contribution in [1.82, 2.24) is 9.71 Å². The summed E-state index contributed by atoms with van der Waals surface area (Å²) in [6, 6.07) is 19.6. The summed E-state index contributed by atoms with van der Waals surface area (Å²) in [6.45, 7) is 4.09. The van der Waals surface area contributed by atoms with Crippen LogP contribution >= 0.6 is 11.3 Å². The number of hydrogen-bond donors (Lipinski definition) is 2. The predicted molar refractivity (Wildman–Crippen MR) is 126 cm³/mol. The Morgan fingerprint density at radius 3 is 2.61 bits per heavy atom. The standard InChI is InChI=1S/C24H22N2O3S2/c1-15-12-19(14-20(16(15)2)24(27)28)31(29)25-11-10-17-8-9-22-21(13-17)26-23(30-22)18-6-4-3-5-7-18/h3-9,12-14,25H,10-11H2,1-2H3,(H,27,28). The van der Waals surface area contributed by atoms with Crippen molar-refractivity contribution >= 4 is 38.5 Å². The Labute approximate surface area is 187 Å². The highest BCUT2D eigenvalue weighted by Gasteiger charge is 2.14. The molecule has 0 aliphatic heterocycles. The van der Waals surface area contributed by atoms with Gasteiger partial charge in [-0.15, -0.1) is 11.3 Å². The van der Waals surface area contributed by atoms with Gasteiger partial charge in [0.15, 0.2) is 0 Å². The lowest BCUT2D eigenvalue weighted by Crippen LogP contribution is -2.21. The predicted octanol–water partition coefficient (Wildman–Crippen LogP) is 5.13. The van der Waals surface area contributed by atoms with Crippen molar-refractivity contribution in [1.29, 1.82) is 0 Å². The van der Waals surface area contributed by atoms with Gasteiger partial charge >= 0.3 is 5.97 Å². The molecule has 5 nitrogen and oxygen atoms in total. The number of hydrogen-bond acceptors (Lipinski definition) is 4. The monoisotopic (exact) mass is 450 g/mol. The Morgan fingerprint density at radius 1 is 1.10 bits per heavy atom. The molecule has 1 atom stereocenters. The summed E-state index contributed by atoms with van der Waals surface area (Å²) in [4.78, 5) is 16.7. The van der Waals surface area contributed by atoms with Gasteiger partial charge in [-0.1, -0.05) is 36.4 Å². The van der Waals surface area contributed by atoms with Crippen molar-refractivity contribution < 1.29 is 14.1 Å². The van der Waals surface area contributed by atoms with Crippen LogP contribution in [0.1, 0.15) is 27.0 Å². The second kappa shape index (κ2) is 9.09. The Morgan fingerprint density at radius 2 is 1.87 bits per heavy atom. The Bertz CT molecular complexity index is 1280. The molecule has 2 N–H and O–H groups in total. The highest BCUT2D eigenvalue weighted by molar-refractivity contribution is 7.83. The molecule has 158 valence electrons. The molecule has 4 rings (SSSR count). The van der Waals surface area contributed by atoms with Crippen molar-refractivity contribution in [2.45, 2.75) is 25.2 Å². The van der Waals surface area contributed by atoms with Crippen LogP contribution in [0.5, 0.6) is 0 Å². The number of carboxylic acids is 1. The van der Waals surface area contributed by atoms with E-state index in [2.05, 4.69) is 35.1 Å². The van der Waals surface area contributed by atoms with Crippen LogP contribution in [0.2, 0.25) is 0 Å². The van der Waals surface area contributed by atoms with Crippen LogP contribution in [0.25, 0.3) is 20.8 Å². The van der Waals surface area contributed by atoms with Crippen molar-refractivity contribution in [2.24, 2.45) is 0 Å². The molecule has 3 aromatic carbocycles. The molecule has 0 bridgehead atoms. The van der Waals surface area contributed by atoms with Crippen LogP contribution in [-0.4, -0.2) is 26.8 Å². The number of benzene rings is 3. The topological polar surface area (TPSA) is 79.3 Å². The number of carboxylic acid groups (broad SMARTS) is 1. The SMILES string of the molecule is Cc1cc(S(=O)NCCc2ccc3sc(-c4ccccc4)nc3c2)cc(C(=O)O)c1C. The number of fused-ring (bicyclic) bond motifs is 1. The number of nitrogens with one attached hydrogen (secondary N) is 1. The molecule has 0 fully saturated rings. The summed E-state index contributed by atoms with van der Waals surface area (Å²) >= 11 is 1.67. The quantitative estimate of drug-likeness (QED) is 0.409. The van der Waals surface area contributed by atoms with Gasteiger partial charge in [-0.2, -0.15) is 0 Å². The molecule has 0 radical (unpaired) electrons. The van der Waals surface area contributed by atoms with Gasteiger partial charge in [-0.3, -0.25) is 0 Å². The van der Waals surface area contributed by atoms with Gasteiger partial charge in [-0.25, -0.2) is 18.7 Å². The zero-order valence-electron chi connectivity index (χ0n) is 17.2. The van der Waals surface area contributed by atoms with E-state index in [1.165, 1.54) is 6.07 Å². The van der Waals surface area contributed by atoms with Crippen LogP contribution in [0.15, 0.2) is 65.6 Å². The first-order valence-electron chi connectivity index (χ1n) is 9.87. The summed E-state index contributed by atoms with van der Waals surface area (Å²) in [5.41, 5.74) is 4.87. The maximum atomic E-state index is 12.6. The van der Waals surface area contributed by atoms with E-state index in [-0.39, 0.29) is 5.56 Å². The van der Waals surface area contributed by atoms with E-state index in [9.17, 15) is 14.1 Å². The molecule has 0 aliphatic rings. The lowest BCUT2D eigenvalue weighted by molar-refractivity contribution is 0.0695.